The highest BCUT2D eigenvalue weighted by Gasteiger charge is 2.31. The van der Waals surface area contributed by atoms with Crippen LogP contribution in [0.15, 0.2) is 65.6 Å². The van der Waals surface area contributed by atoms with Crippen molar-refractivity contribution < 1.29 is 23.4 Å². The van der Waals surface area contributed by atoms with Gasteiger partial charge < -0.3 is 10.2 Å². The number of aliphatic hydroxyl groups is 1. The zero-order chi connectivity index (χ0) is 17.6. The molecule has 7 heteroatoms. The van der Waals surface area contributed by atoms with Crippen LogP contribution in [-0.2, 0) is 10.0 Å². The molecule has 0 aromatic heterocycles. The minimum atomic E-state index is -4.17. The molecule has 0 heterocycles. The van der Waals surface area contributed by atoms with Gasteiger partial charge in [-0.2, -0.15) is 4.31 Å². The van der Waals surface area contributed by atoms with Gasteiger partial charge in [-0.3, -0.25) is 0 Å². The van der Waals surface area contributed by atoms with Gasteiger partial charge in [0.1, 0.15) is 0 Å². The number of rotatable bonds is 7. The van der Waals surface area contributed by atoms with E-state index in [9.17, 15) is 23.4 Å². The molecule has 6 nitrogen and oxygen atoms in total. The van der Waals surface area contributed by atoms with Crippen LogP contribution in [0.1, 0.15) is 17.9 Å². The molecule has 1 amide bonds. The van der Waals surface area contributed by atoms with Crippen LogP contribution in [0.2, 0.25) is 0 Å². The molecule has 1 unspecified atom stereocenters. The van der Waals surface area contributed by atoms with E-state index in [-0.39, 0.29) is 24.5 Å². The lowest BCUT2D eigenvalue weighted by molar-refractivity contribution is 0.168. The fourth-order valence-electron chi connectivity index (χ4n) is 2.44. The van der Waals surface area contributed by atoms with E-state index in [1.807, 2.05) is 6.07 Å². The second-order valence-corrected chi connectivity index (χ2v) is 7.11. The molecule has 2 aromatic rings. The van der Waals surface area contributed by atoms with E-state index in [0.29, 0.717) is 4.31 Å². The largest absolute Gasteiger partial charge is 0.464 e. The summed E-state index contributed by atoms with van der Waals surface area (Å²) in [6.07, 6.45) is -1.28. The van der Waals surface area contributed by atoms with Gasteiger partial charge in [0.05, 0.1) is 4.90 Å². The van der Waals surface area contributed by atoms with Gasteiger partial charge in [0.2, 0.25) is 0 Å². The first-order chi connectivity index (χ1) is 11.5. The summed E-state index contributed by atoms with van der Waals surface area (Å²) in [4.78, 5) is 11.5. The Morgan fingerprint density at radius 1 is 1.00 bits per heavy atom. The van der Waals surface area contributed by atoms with Crippen LogP contribution in [0, 0.1) is 0 Å². The molecule has 128 valence electrons. The summed E-state index contributed by atoms with van der Waals surface area (Å²) < 4.78 is 25.7. The predicted octanol–water partition coefficient (Wildman–Crippen LogP) is 2.52. The number of sulfonamides is 1. The fourth-order valence-corrected chi connectivity index (χ4v) is 3.78. The fraction of sp³-hybridized carbons (Fsp3) is 0.235. The molecule has 24 heavy (non-hydrogen) atoms. The Morgan fingerprint density at radius 3 is 2.04 bits per heavy atom. The predicted molar refractivity (Wildman–Crippen MR) is 89.2 cm³/mol. The maximum Gasteiger partial charge on any atom is 0.421 e. The number of nitrogens with zero attached hydrogens (tertiary/aromatic N) is 1. The summed E-state index contributed by atoms with van der Waals surface area (Å²) in [5.74, 6) is -0.425. The van der Waals surface area contributed by atoms with Crippen LogP contribution in [0.4, 0.5) is 4.79 Å². The lowest BCUT2D eigenvalue weighted by Crippen LogP contribution is -2.39. The number of amides is 1. The number of carboxylic acid groups (broad SMARTS) is 1. The molecule has 0 aliphatic carbocycles. The van der Waals surface area contributed by atoms with Gasteiger partial charge in [-0.05, 0) is 24.1 Å². The van der Waals surface area contributed by atoms with Crippen molar-refractivity contribution in [2.75, 3.05) is 13.2 Å². The quantitative estimate of drug-likeness (QED) is 0.801. The first kappa shape index (κ1) is 18.0. The molecule has 0 spiro atoms. The van der Waals surface area contributed by atoms with Crippen LogP contribution in [-0.4, -0.2) is 42.2 Å². The number of hydrogen-bond acceptors (Lipinski definition) is 4. The molecule has 2 N–H and O–H groups in total. The number of hydrogen-bond donors (Lipinski definition) is 2. The van der Waals surface area contributed by atoms with E-state index in [4.69, 9.17) is 0 Å². The molecule has 0 saturated heterocycles. The summed E-state index contributed by atoms with van der Waals surface area (Å²) in [6, 6.07) is 16.4. The minimum Gasteiger partial charge on any atom is -0.464 e. The van der Waals surface area contributed by atoms with Gasteiger partial charge in [-0.1, -0.05) is 48.5 Å². The smallest absolute Gasteiger partial charge is 0.421 e. The second kappa shape index (κ2) is 7.94. The Morgan fingerprint density at radius 2 is 1.54 bits per heavy atom. The Labute approximate surface area is 141 Å². The Balaban J connectivity index is 2.35. The van der Waals surface area contributed by atoms with Crippen LogP contribution < -0.4 is 0 Å². The molecule has 0 saturated carbocycles. The van der Waals surface area contributed by atoms with Crippen LogP contribution in [0.3, 0.4) is 0 Å². The van der Waals surface area contributed by atoms with E-state index in [1.165, 1.54) is 24.3 Å². The zero-order valence-corrected chi connectivity index (χ0v) is 13.8. The number of carbonyl (C=O) groups is 1. The molecular formula is C17H19NO5S. The Kier molecular flexibility index (Phi) is 5.94. The lowest BCUT2D eigenvalue weighted by atomic mass is 9.96. The highest BCUT2D eigenvalue weighted by Crippen LogP contribution is 2.24. The van der Waals surface area contributed by atoms with Gasteiger partial charge >= 0.3 is 6.09 Å². The molecular weight excluding hydrogens is 330 g/mol. The van der Waals surface area contributed by atoms with E-state index < -0.39 is 22.0 Å². The van der Waals surface area contributed by atoms with Crippen molar-refractivity contribution in [3.05, 3.63) is 66.2 Å². The second-order valence-electron chi connectivity index (χ2n) is 5.25. The van der Waals surface area contributed by atoms with Gasteiger partial charge in [0.25, 0.3) is 10.0 Å². The van der Waals surface area contributed by atoms with Gasteiger partial charge in [0.15, 0.2) is 0 Å². The summed E-state index contributed by atoms with van der Waals surface area (Å²) in [5.41, 5.74) is 0.779. The van der Waals surface area contributed by atoms with E-state index in [1.54, 1.807) is 30.3 Å². The van der Waals surface area contributed by atoms with Crippen molar-refractivity contribution in [2.45, 2.75) is 17.2 Å². The van der Waals surface area contributed by atoms with Crippen molar-refractivity contribution in [3.8, 4) is 0 Å². The zero-order valence-electron chi connectivity index (χ0n) is 12.9. The molecule has 0 fully saturated rings. The molecule has 0 aliphatic rings. The average Bonchev–Trinajstić information content (AvgIpc) is 2.59. The minimum absolute atomic E-state index is 0.0804. The van der Waals surface area contributed by atoms with E-state index in [0.717, 1.165) is 5.56 Å². The summed E-state index contributed by atoms with van der Waals surface area (Å²) in [6.45, 7) is -0.421. The number of benzene rings is 2. The SMILES string of the molecule is O=C(O)N(CC(CCO)c1ccccc1)S(=O)(=O)c1ccccc1. The van der Waals surface area contributed by atoms with Gasteiger partial charge in [-0.25, -0.2) is 13.2 Å². The molecule has 0 bridgehead atoms. The van der Waals surface area contributed by atoms with E-state index in [2.05, 4.69) is 0 Å². The lowest BCUT2D eigenvalue weighted by Gasteiger charge is -2.25. The van der Waals surface area contributed by atoms with Crippen molar-refractivity contribution in [3.63, 3.8) is 0 Å². The van der Waals surface area contributed by atoms with Crippen LogP contribution in [0.5, 0.6) is 0 Å². The van der Waals surface area contributed by atoms with Gasteiger partial charge in [-0.15, -0.1) is 0 Å². The third-order valence-corrected chi connectivity index (χ3v) is 5.43. The highest BCUT2D eigenvalue weighted by atomic mass is 32.2. The Hall–Kier alpha value is -2.38. The first-order valence-corrected chi connectivity index (χ1v) is 8.87. The van der Waals surface area contributed by atoms with Crippen molar-refractivity contribution in [1.82, 2.24) is 4.31 Å². The molecule has 0 aliphatic heterocycles. The summed E-state index contributed by atoms with van der Waals surface area (Å²) in [7, 11) is -4.17. The standard InChI is InChI=1S/C17H19NO5S/c19-12-11-15(14-7-3-1-4-8-14)13-18(17(20)21)24(22,23)16-9-5-2-6-10-16/h1-10,15,19H,11-13H2,(H,20,21). The summed E-state index contributed by atoms with van der Waals surface area (Å²) >= 11 is 0. The number of aliphatic hydroxyl groups excluding tert-OH is 1. The molecule has 2 aromatic carbocycles. The van der Waals surface area contributed by atoms with Gasteiger partial charge in [0, 0.05) is 19.1 Å². The molecule has 2 rings (SSSR count). The average molecular weight is 349 g/mol. The topological polar surface area (TPSA) is 94.9 Å². The highest BCUT2D eigenvalue weighted by molar-refractivity contribution is 7.89. The van der Waals surface area contributed by atoms with Crippen LogP contribution in [0.25, 0.3) is 0 Å². The normalized spacial score (nSPS) is 12.5. The first-order valence-electron chi connectivity index (χ1n) is 7.43. The van der Waals surface area contributed by atoms with E-state index >= 15 is 0 Å². The van der Waals surface area contributed by atoms with Crippen molar-refractivity contribution in [2.24, 2.45) is 0 Å². The third kappa shape index (κ3) is 4.12. The van der Waals surface area contributed by atoms with Crippen molar-refractivity contribution >= 4 is 16.1 Å². The third-order valence-electron chi connectivity index (χ3n) is 3.68. The maximum atomic E-state index is 12.6. The Bertz CT molecular complexity index is 762. The maximum absolute atomic E-state index is 12.6. The van der Waals surface area contributed by atoms with Crippen LogP contribution >= 0.6 is 0 Å². The summed E-state index contributed by atoms with van der Waals surface area (Å²) in [5, 5.41) is 18.7. The molecule has 0 radical (unpaired) electrons. The van der Waals surface area contributed by atoms with Crippen molar-refractivity contribution in [1.29, 1.82) is 0 Å². The molecule has 1 atom stereocenters. The monoisotopic (exact) mass is 349 g/mol.